The fourth-order valence-corrected chi connectivity index (χ4v) is 1.03. The molecule has 0 saturated carbocycles. The molecule has 0 radical (unpaired) electrons. The number of alkyl halides is 3. The van der Waals surface area contributed by atoms with Crippen molar-refractivity contribution in [2.75, 3.05) is 0 Å². The van der Waals surface area contributed by atoms with Gasteiger partial charge < -0.3 is 4.43 Å². The first-order chi connectivity index (χ1) is 3.56. The summed E-state index contributed by atoms with van der Waals surface area (Å²) < 4.78 is 3.15. The molecular formula is C3H5Cl3OSi. The van der Waals surface area contributed by atoms with Gasteiger partial charge in [0.05, 0.1) is 0 Å². The molecule has 8 heavy (non-hydrogen) atoms. The van der Waals surface area contributed by atoms with E-state index in [2.05, 4.69) is 6.58 Å². The minimum atomic E-state index is -1.54. The molecule has 0 aromatic heterocycles. The molecule has 0 aliphatic heterocycles. The van der Waals surface area contributed by atoms with E-state index in [0.29, 0.717) is 0 Å². The molecule has 0 aromatic carbocycles. The summed E-state index contributed by atoms with van der Waals surface area (Å²) in [4.78, 5) is 0. The van der Waals surface area contributed by atoms with E-state index in [1.807, 2.05) is 0 Å². The maximum atomic E-state index is 5.21. The Morgan fingerprint density at radius 3 is 2.12 bits per heavy atom. The molecule has 1 nitrogen and oxygen atoms in total. The molecule has 0 aliphatic rings. The Morgan fingerprint density at radius 1 is 1.50 bits per heavy atom. The average molecular weight is 192 g/mol. The van der Waals surface area contributed by atoms with Gasteiger partial charge in [0.25, 0.3) is 3.98 Å². The Bertz CT molecular complexity index is 79.1. The van der Waals surface area contributed by atoms with Crippen LogP contribution in [0.5, 0.6) is 0 Å². The van der Waals surface area contributed by atoms with Crippen molar-refractivity contribution in [2.45, 2.75) is 3.98 Å². The minimum absolute atomic E-state index is 0.814. The van der Waals surface area contributed by atoms with Gasteiger partial charge in [-0.3, -0.25) is 0 Å². The summed E-state index contributed by atoms with van der Waals surface area (Å²) in [5.74, 6) is 0. The molecule has 0 heterocycles. The molecule has 0 aliphatic carbocycles. The van der Waals surface area contributed by atoms with Gasteiger partial charge in [-0.25, -0.2) is 0 Å². The van der Waals surface area contributed by atoms with Crippen LogP contribution in [0.25, 0.3) is 0 Å². The summed E-state index contributed by atoms with van der Waals surface area (Å²) in [5, 5.41) is 0. The lowest BCUT2D eigenvalue weighted by Crippen LogP contribution is -2.10. The highest BCUT2D eigenvalue weighted by molar-refractivity contribution is 6.67. The molecular weight excluding hydrogens is 186 g/mol. The smallest absolute Gasteiger partial charge is 0.288 e. The van der Waals surface area contributed by atoms with Gasteiger partial charge in [-0.2, -0.15) is 0 Å². The quantitative estimate of drug-likeness (QED) is 0.475. The van der Waals surface area contributed by atoms with Crippen molar-refractivity contribution in [3.05, 3.63) is 12.3 Å². The molecule has 0 N–H and O–H groups in total. The summed E-state index contributed by atoms with van der Waals surface area (Å²) >= 11 is 15.6. The molecule has 0 saturated heterocycles. The van der Waals surface area contributed by atoms with Crippen LogP contribution in [-0.2, 0) is 4.43 Å². The highest BCUT2D eigenvalue weighted by atomic mass is 35.6. The van der Waals surface area contributed by atoms with Crippen LogP contribution in [-0.4, -0.2) is 13.7 Å². The standard InChI is InChI=1S/C3H5Cl3OSi/c1-2-8-7-3(4,5)6/h2H,1,8H2. The zero-order valence-electron chi connectivity index (χ0n) is 4.03. The third kappa shape index (κ3) is 6.79. The van der Waals surface area contributed by atoms with E-state index in [1.54, 1.807) is 5.70 Å². The Kier molecular flexibility index (Phi) is 4.11. The molecule has 0 bridgehead atoms. The predicted octanol–water partition coefficient (Wildman–Crippen LogP) is 1.56. The van der Waals surface area contributed by atoms with Crippen molar-refractivity contribution in [1.29, 1.82) is 0 Å². The number of hydrogen-bond acceptors (Lipinski definition) is 1. The Morgan fingerprint density at radius 2 is 2.00 bits per heavy atom. The van der Waals surface area contributed by atoms with Gasteiger partial charge in [0.1, 0.15) is 0 Å². The summed E-state index contributed by atoms with van der Waals surface area (Å²) in [6.07, 6.45) is 0. The monoisotopic (exact) mass is 190 g/mol. The summed E-state index contributed by atoms with van der Waals surface area (Å²) in [6, 6.07) is 0. The van der Waals surface area contributed by atoms with Gasteiger partial charge in [0.15, 0.2) is 9.76 Å². The second-order valence-corrected chi connectivity index (χ2v) is 4.42. The lowest BCUT2D eigenvalue weighted by atomic mass is 11.3. The topological polar surface area (TPSA) is 9.23 Å². The average Bonchev–Trinajstić information content (AvgIpc) is 1.59. The van der Waals surface area contributed by atoms with Crippen molar-refractivity contribution >= 4 is 44.6 Å². The van der Waals surface area contributed by atoms with E-state index in [4.69, 9.17) is 39.2 Å². The van der Waals surface area contributed by atoms with Crippen LogP contribution in [0, 0.1) is 0 Å². The SMILES string of the molecule is C=C[SiH2]OC(Cl)(Cl)Cl. The molecule has 0 unspecified atom stereocenters. The summed E-state index contributed by atoms with van der Waals surface area (Å²) in [5.41, 5.74) is 1.64. The van der Waals surface area contributed by atoms with Gasteiger partial charge in [-0.05, 0) is 0 Å². The second-order valence-electron chi connectivity index (χ2n) is 1.05. The highest BCUT2D eigenvalue weighted by Crippen LogP contribution is 2.26. The lowest BCUT2D eigenvalue weighted by Gasteiger charge is -2.08. The van der Waals surface area contributed by atoms with Gasteiger partial charge in [0.2, 0.25) is 0 Å². The van der Waals surface area contributed by atoms with Gasteiger partial charge >= 0.3 is 0 Å². The Balaban J connectivity index is 3.24. The number of halogens is 3. The van der Waals surface area contributed by atoms with Crippen LogP contribution < -0.4 is 0 Å². The minimum Gasteiger partial charge on any atom is -0.378 e. The fraction of sp³-hybridized carbons (Fsp3) is 0.333. The van der Waals surface area contributed by atoms with E-state index >= 15 is 0 Å². The van der Waals surface area contributed by atoms with E-state index in [1.165, 1.54) is 0 Å². The second kappa shape index (κ2) is 3.74. The van der Waals surface area contributed by atoms with Crippen molar-refractivity contribution in [2.24, 2.45) is 0 Å². The van der Waals surface area contributed by atoms with Gasteiger partial charge in [-0.1, -0.05) is 40.5 Å². The molecule has 0 fully saturated rings. The van der Waals surface area contributed by atoms with Crippen LogP contribution in [0.3, 0.4) is 0 Å². The van der Waals surface area contributed by atoms with Crippen LogP contribution in [0.1, 0.15) is 0 Å². The highest BCUT2D eigenvalue weighted by Gasteiger charge is 2.17. The molecule has 0 spiro atoms. The maximum Gasteiger partial charge on any atom is 0.288 e. The Labute approximate surface area is 65.5 Å². The maximum absolute atomic E-state index is 5.21. The van der Waals surface area contributed by atoms with Crippen LogP contribution >= 0.6 is 34.8 Å². The normalized spacial score (nSPS) is 12.9. The van der Waals surface area contributed by atoms with E-state index in [9.17, 15) is 0 Å². The molecule has 0 atom stereocenters. The third-order valence-corrected chi connectivity index (χ3v) is 2.08. The van der Waals surface area contributed by atoms with Crippen molar-refractivity contribution < 1.29 is 4.43 Å². The van der Waals surface area contributed by atoms with Crippen LogP contribution in [0.2, 0.25) is 0 Å². The van der Waals surface area contributed by atoms with Gasteiger partial charge in [0, 0.05) is 0 Å². The van der Waals surface area contributed by atoms with Crippen LogP contribution in [0.15, 0.2) is 12.3 Å². The largest absolute Gasteiger partial charge is 0.378 e. The Hall–Kier alpha value is 0.787. The van der Waals surface area contributed by atoms with E-state index in [-0.39, 0.29) is 0 Å². The first kappa shape index (κ1) is 8.79. The molecule has 48 valence electrons. The number of rotatable bonds is 2. The van der Waals surface area contributed by atoms with Crippen molar-refractivity contribution in [1.82, 2.24) is 0 Å². The zero-order valence-corrected chi connectivity index (χ0v) is 7.72. The lowest BCUT2D eigenvalue weighted by molar-refractivity contribution is 0.346. The van der Waals surface area contributed by atoms with E-state index < -0.39 is 13.7 Å². The van der Waals surface area contributed by atoms with Crippen molar-refractivity contribution in [3.8, 4) is 0 Å². The fourth-order valence-electron chi connectivity index (χ4n) is 0.153. The van der Waals surface area contributed by atoms with Gasteiger partial charge in [-0.15, -0.1) is 6.58 Å². The first-order valence-corrected chi connectivity index (χ1v) is 4.40. The molecule has 0 amide bonds. The first-order valence-electron chi connectivity index (χ1n) is 1.88. The molecule has 0 rings (SSSR count). The summed E-state index contributed by atoms with van der Waals surface area (Å²) in [6.45, 7) is 3.42. The number of hydrogen-bond donors (Lipinski definition) is 0. The third-order valence-electron chi connectivity index (χ3n) is 0.365. The molecule has 5 heteroatoms. The summed E-state index contributed by atoms with van der Waals surface area (Å²) in [7, 11) is -0.814. The zero-order chi connectivity index (χ0) is 6.62. The molecule has 0 aromatic rings. The van der Waals surface area contributed by atoms with Crippen LogP contribution in [0.4, 0.5) is 0 Å². The van der Waals surface area contributed by atoms with E-state index in [0.717, 1.165) is 0 Å². The predicted molar refractivity (Wildman–Crippen MR) is 40.1 cm³/mol. The van der Waals surface area contributed by atoms with Crippen molar-refractivity contribution in [3.63, 3.8) is 0 Å².